The second kappa shape index (κ2) is 5.66. The molecule has 21 heavy (non-hydrogen) atoms. The predicted molar refractivity (Wildman–Crippen MR) is 85.2 cm³/mol. The highest BCUT2D eigenvalue weighted by molar-refractivity contribution is 7.71. The Morgan fingerprint density at radius 3 is 2.14 bits per heavy atom. The lowest BCUT2D eigenvalue weighted by atomic mass is 9.96. The molecule has 3 N–H and O–H groups in total. The predicted octanol–water partition coefficient (Wildman–Crippen LogP) is 2.80. The molecule has 0 unspecified atom stereocenters. The van der Waals surface area contributed by atoms with Crippen molar-refractivity contribution in [1.82, 2.24) is 4.98 Å². The average Bonchev–Trinajstić information content (AvgIpc) is 2.46. The van der Waals surface area contributed by atoms with Crippen molar-refractivity contribution in [1.29, 1.82) is 10.5 Å². The maximum Gasteiger partial charge on any atom is 0.123 e. The Balaban J connectivity index is 2.77. The van der Waals surface area contributed by atoms with Crippen LogP contribution in [0.4, 0.5) is 11.5 Å². The second-order valence-electron chi connectivity index (χ2n) is 4.66. The summed E-state index contributed by atoms with van der Waals surface area (Å²) in [6.07, 6.45) is 0. The Labute approximate surface area is 127 Å². The molecule has 0 saturated heterocycles. The number of nitrogens with one attached hydrogen (secondary N) is 1. The van der Waals surface area contributed by atoms with E-state index in [-0.39, 0.29) is 21.6 Å². The first-order valence-electron chi connectivity index (χ1n) is 6.13. The molecule has 2 aromatic rings. The molecular formula is C15H13N5S. The third kappa shape index (κ3) is 2.58. The fourth-order valence-corrected chi connectivity index (χ4v) is 2.32. The van der Waals surface area contributed by atoms with E-state index in [1.165, 1.54) is 0 Å². The smallest absolute Gasteiger partial charge is 0.123 e. The average molecular weight is 295 g/mol. The lowest BCUT2D eigenvalue weighted by Gasteiger charge is -2.14. The molecular weight excluding hydrogens is 282 g/mol. The Hall–Kier alpha value is -2.83. The number of rotatable bonds is 2. The third-order valence-corrected chi connectivity index (χ3v) is 3.45. The summed E-state index contributed by atoms with van der Waals surface area (Å²) in [5.41, 5.74) is 8.53. The Bertz CT molecular complexity index is 819. The summed E-state index contributed by atoms with van der Waals surface area (Å²) in [6, 6.07) is 11.6. The molecule has 1 aromatic heterocycles. The van der Waals surface area contributed by atoms with Gasteiger partial charge in [-0.3, -0.25) is 0 Å². The van der Waals surface area contributed by atoms with Gasteiger partial charge in [0.25, 0.3) is 0 Å². The number of benzene rings is 1. The van der Waals surface area contributed by atoms with Gasteiger partial charge in [0.15, 0.2) is 0 Å². The first kappa shape index (κ1) is 14.6. The summed E-state index contributed by atoms with van der Waals surface area (Å²) in [5, 5.41) is 18.6. The molecule has 0 fully saturated rings. The lowest BCUT2D eigenvalue weighted by molar-refractivity contribution is 1.13. The minimum absolute atomic E-state index is 0.174. The van der Waals surface area contributed by atoms with Crippen LogP contribution in [0.25, 0.3) is 11.1 Å². The standard InChI is InChI=1S/C15H13N5S/c1-20(2)10-5-3-9(4-6-10)13-11(7-16)14(18)19-15(21)12(13)8-17/h3-6H,1-2H3,(H3,18,19,21). The number of hydrogen-bond acceptors (Lipinski definition) is 5. The number of H-pyrrole nitrogens is 1. The fraction of sp³-hybridized carbons (Fsp3) is 0.133. The molecule has 0 amide bonds. The number of aromatic nitrogens is 1. The summed E-state index contributed by atoms with van der Waals surface area (Å²) >= 11 is 5.13. The minimum Gasteiger partial charge on any atom is -0.384 e. The van der Waals surface area contributed by atoms with Crippen molar-refractivity contribution in [3.8, 4) is 23.3 Å². The van der Waals surface area contributed by atoms with Crippen molar-refractivity contribution >= 4 is 23.7 Å². The molecule has 5 nitrogen and oxygen atoms in total. The van der Waals surface area contributed by atoms with Crippen LogP contribution in [0.3, 0.4) is 0 Å². The van der Waals surface area contributed by atoms with Gasteiger partial charge in [-0.05, 0) is 17.7 Å². The van der Waals surface area contributed by atoms with Crippen molar-refractivity contribution in [3.05, 3.63) is 40.0 Å². The number of pyridine rings is 1. The zero-order chi connectivity index (χ0) is 15.6. The van der Waals surface area contributed by atoms with E-state index >= 15 is 0 Å². The van der Waals surface area contributed by atoms with Crippen LogP contribution in [0.5, 0.6) is 0 Å². The lowest BCUT2D eigenvalue weighted by Crippen LogP contribution is -2.08. The Morgan fingerprint density at radius 2 is 1.67 bits per heavy atom. The van der Waals surface area contributed by atoms with E-state index in [1.807, 2.05) is 55.4 Å². The topological polar surface area (TPSA) is 92.6 Å². The monoisotopic (exact) mass is 295 g/mol. The van der Waals surface area contributed by atoms with E-state index in [2.05, 4.69) is 4.98 Å². The first-order valence-corrected chi connectivity index (χ1v) is 6.54. The van der Waals surface area contributed by atoms with Gasteiger partial charge in [0, 0.05) is 25.3 Å². The van der Waals surface area contributed by atoms with E-state index in [9.17, 15) is 10.5 Å². The van der Waals surface area contributed by atoms with Gasteiger partial charge in [-0.15, -0.1) is 0 Å². The van der Waals surface area contributed by atoms with Crippen LogP contribution >= 0.6 is 12.2 Å². The van der Waals surface area contributed by atoms with Crippen LogP contribution < -0.4 is 10.6 Å². The van der Waals surface area contributed by atoms with E-state index in [4.69, 9.17) is 18.0 Å². The van der Waals surface area contributed by atoms with Gasteiger partial charge in [-0.25, -0.2) is 0 Å². The van der Waals surface area contributed by atoms with Crippen LogP contribution in [0.15, 0.2) is 24.3 Å². The van der Waals surface area contributed by atoms with Crippen molar-refractivity contribution in [2.75, 3.05) is 24.7 Å². The quantitative estimate of drug-likeness (QED) is 0.831. The van der Waals surface area contributed by atoms with Gasteiger partial charge in [-0.2, -0.15) is 10.5 Å². The SMILES string of the molecule is CN(C)c1ccc(-c2c(C#N)c(N)[nH]c(=S)c2C#N)cc1. The molecule has 6 heteroatoms. The highest BCUT2D eigenvalue weighted by atomic mass is 32.1. The number of aromatic amines is 1. The molecule has 0 saturated carbocycles. The number of hydrogen-bond donors (Lipinski definition) is 2. The molecule has 2 rings (SSSR count). The number of anilines is 2. The van der Waals surface area contributed by atoms with E-state index in [0.29, 0.717) is 5.56 Å². The molecule has 0 spiro atoms. The molecule has 0 aliphatic carbocycles. The molecule has 0 atom stereocenters. The Morgan fingerprint density at radius 1 is 1.10 bits per heavy atom. The Kier molecular flexibility index (Phi) is 3.93. The van der Waals surface area contributed by atoms with Gasteiger partial charge < -0.3 is 15.6 Å². The summed E-state index contributed by atoms with van der Waals surface area (Å²) in [5.74, 6) is 0.174. The van der Waals surface area contributed by atoms with Crippen LogP contribution in [0, 0.1) is 27.3 Å². The highest BCUT2D eigenvalue weighted by Crippen LogP contribution is 2.31. The normalized spacial score (nSPS) is 9.71. The van der Waals surface area contributed by atoms with Crippen molar-refractivity contribution in [2.45, 2.75) is 0 Å². The van der Waals surface area contributed by atoms with Gasteiger partial charge in [-0.1, -0.05) is 24.4 Å². The number of nitrogens with two attached hydrogens (primary N) is 1. The van der Waals surface area contributed by atoms with Crippen LogP contribution in [0.2, 0.25) is 0 Å². The molecule has 0 bridgehead atoms. The zero-order valence-electron chi connectivity index (χ0n) is 11.6. The zero-order valence-corrected chi connectivity index (χ0v) is 12.5. The molecule has 1 heterocycles. The van der Waals surface area contributed by atoms with Crippen LogP contribution in [-0.2, 0) is 0 Å². The molecule has 104 valence electrons. The highest BCUT2D eigenvalue weighted by Gasteiger charge is 2.16. The number of nitrogen functional groups attached to an aromatic ring is 1. The second-order valence-corrected chi connectivity index (χ2v) is 5.07. The summed E-state index contributed by atoms with van der Waals surface area (Å²) in [7, 11) is 3.88. The molecule has 0 aliphatic rings. The first-order chi connectivity index (χ1) is 9.99. The molecule has 0 aliphatic heterocycles. The molecule has 1 aromatic carbocycles. The summed E-state index contributed by atoms with van der Waals surface area (Å²) in [4.78, 5) is 4.65. The third-order valence-electron chi connectivity index (χ3n) is 3.14. The van der Waals surface area contributed by atoms with Crippen molar-refractivity contribution < 1.29 is 0 Å². The van der Waals surface area contributed by atoms with E-state index in [0.717, 1.165) is 11.3 Å². The van der Waals surface area contributed by atoms with E-state index in [1.54, 1.807) is 0 Å². The van der Waals surface area contributed by atoms with Gasteiger partial charge >= 0.3 is 0 Å². The van der Waals surface area contributed by atoms with Crippen LogP contribution in [0.1, 0.15) is 11.1 Å². The summed E-state index contributed by atoms with van der Waals surface area (Å²) < 4.78 is 0.237. The fourth-order valence-electron chi connectivity index (χ4n) is 2.06. The van der Waals surface area contributed by atoms with Gasteiger partial charge in [0.1, 0.15) is 28.2 Å². The van der Waals surface area contributed by atoms with Crippen molar-refractivity contribution in [3.63, 3.8) is 0 Å². The van der Waals surface area contributed by atoms with Crippen LogP contribution in [-0.4, -0.2) is 19.1 Å². The minimum atomic E-state index is 0.174. The largest absolute Gasteiger partial charge is 0.384 e. The molecule has 0 radical (unpaired) electrons. The maximum absolute atomic E-state index is 9.32. The number of nitriles is 2. The van der Waals surface area contributed by atoms with Gasteiger partial charge in [0.05, 0.1) is 5.56 Å². The van der Waals surface area contributed by atoms with E-state index < -0.39 is 0 Å². The number of nitrogens with zero attached hydrogens (tertiary/aromatic N) is 3. The van der Waals surface area contributed by atoms with Crippen molar-refractivity contribution in [2.24, 2.45) is 0 Å². The van der Waals surface area contributed by atoms with Gasteiger partial charge in [0.2, 0.25) is 0 Å². The maximum atomic E-state index is 9.32. The summed E-state index contributed by atoms with van der Waals surface area (Å²) in [6.45, 7) is 0.